The molecule has 8 nitrogen and oxygen atoms in total. The van der Waals surface area contributed by atoms with E-state index >= 15 is 0 Å². The minimum absolute atomic E-state index is 0.00759. The topological polar surface area (TPSA) is 93.6 Å². The van der Waals surface area contributed by atoms with Gasteiger partial charge in [-0.1, -0.05) is 0 Å². The molecular formula is C24H22F7N3O5. The number of benzene rings is 2. The number of halogens is 7. The molecule has 2 aliphatic rings. The fraction of sp³-hybridized carbons (Fsp3) is 0.417. The first-order valence-electron chi connectivity index (χ1n) is 11.5. The maximum Gasteiger partial charge on any atom is 0.420 e. The highest BCUT2D eigenvalue weighted by molar-refractivity contribution is 5.98. The van der Waals surface area contributed by atoms with Crippen molar-refractivity contribution in [2.24, 2.45) is 0 Å². The largest absolute Gasteiger partial charge is 0.420 e. The third kappa shape index (κ3) is 5.59. The zero-order chi connectivity index (χ0) is 28.9. The first kappa shape index (κ1) is 28.4. The molecule has 1 aliphatic carbocycles. The van der Waals surface area contributed by atoms with Crippen molar-refractivity contribution < 1.29 is 55.3 Å². The van der Waals surface area contributed by atoms with Crippen LogP contribution in [0.3, 0.4) is 0 Å². The predicted molar refractivity (Wildman–Crippen MR) is 122 cm³/mol. The number of amides is 3. The number of anilines is 2. The van der Waals surface area contributed by atoms with Gasteiger partial charge in [-0.05, 0) is 49.2 Å². The van der Waals surface area contributed by atoms with Crippen molar-refractivity contribution in [2.45, 2.75) is 36.8 Å². The van der Waals surface area contributed by atoms with E-state index in [1.165, 1.54) is 0 Å². The van der Waals surface area contributed by atoms with Gasteiger partial charge in [0.1, 0.15) is 11.4 Å². The van der Waals surface area contributed by atoms with Crippen molar-refractivity contribution in [3.05, 3.63) is 53.3 Å². The molecule has 0 atom stereocenters. The summed E-state index contributed by atoms with van der Waals surface area (Å²) >= 11 is 0. The molecule has 2 aromatic carbocycles. The lowest BCUT2D eigenvalue weighted by atomic mass is 9.75. The second-order valence-electron chi connectivity index (χ2n) is 9.34. The molecule has 1 saturated carbocycles. The van der Waals surface area contributed by atoms with Crippen molar-refractivity contribution in [3.8, 4) is 5.75 Å². The van der Waals surface area contributed by atoms with Crippen LogP contribution < -0.4 is 14.5 Å². The van der Waals surface area contributed by atoms with Crippen LogP contribution in [-0.4, -0.2) is 65.6 Å². The van der Waals surface area contributed by atoms with Crippen molar-refractivity contribution >= 4 is 23.5 Å². The van der Waals surface area contributed by atoms with Crippen LogP contribution in [0.25, 0.3) is 0 Å². The Hall–Kier alpha value is -3.59. The van der Waals surface area contributed by atoms with Gasteiger partial charge in [-0.15, -0.1) is 0 Å². The summed E-state index contributed by atoms with van der Waals surface area (Å²) in [5, 5.41) is 19.3. The van der Waals surface area contributed by atoms with Crippen LogP contribution in [0.4, 0.5) is 51.7 Å². The second-order valence-corrected chi connectivity index (χ2v) is 9.34. The van der Waals surface area contributed by atoms with Gasteiger partial charge in [0, 0.05) is 31.9 Å². The summed E-state index contributed by atoms with van der Waals surface area (Å²) in [5.74, 6) is -1.98. The number of aliphatic hydroxyl groups is 2. The van der Waals surface area contributed by atoms with Gasteiger partial charge in [0.25, 0.3) is 0 Å². The molecule has 2 N–H and O–H groups in total. The van der Waals surface area contributed by atoms with Gasteiger partial charge in [0.15, 0.2) is 5.75 Å². The molecule has 1 heterocycles. The molecule has 2 fully saturated rings. The average molecular weight is 565 g/mol. The van der Waals surface area contributed by atoms with Crippen molar-refractivity contribution in [2.75, 3.05) is 36.5 Å². The zero-order valence-electron chi connectivity index (χ0n) is 20.2. The molecule has 0 radical (unpaired) electrons. The maximum atomic E-state index is 14.0. The van der Waals surface area contributed by atoms with E-state index in [1.807, 2.05) is 0 Å². The number of nitrogens with zero attached hydrogens (tertiary/aromatic N) is 3. The normalized spacial score (nSPS) is 21.7. The van der Waals surface area contributed by atoms with Crippen molar-refractivity contribution in [1.82, 2.24) is 4.90 Å². The lowest BCUT2D eigenvalue weighted by Crippen LogP contribution is -2.57. The van der Waals surface area contributed by atoms with E-state index in [0.29, 0.717) is 15.9 Å². The fourth-order valence-corrected chi connectivity index (χ4v) is 4.50. The van der Waals surface area contributed by atoms with Crippen LogP contribution >= 0.6 is 0 Å². The minimum atomic E-state index is -5.42. The summed E-state index contributed by atoms with van der Waals surface area (Å²) < 4.78 is 101. The summed E-state index contributed by atoms with van der Waals surface area (Å²) in [4.78, 5) is 28.5. The highest BCUT2D eigenvalue weighted by Crippen LogP contribution is 2.47. The van der Waals surface area contributed by atoms with Crippen molar-refractivity contribution in [1.29, 1.82) is 0 Å². The molecule has 1 saturated heterocycles. The molecule has 3 amide bonds. The first-order valence-corrected chi connectivity index (χ1v) is 11.5. The van der Waals surface area contributed by atoms with Gasteiger partial charge in [-0.3, -0.25) is 9.80 Å². The summed E-state index contributed by atoms with van der Waals surface area (Å²) in [6.45, 7) is -1.03. The van der Waals surface area contributed by atoms with Crippen LogP contribution in [0, 0.1) is 5.82 Å². The molecule has 2 aromatic rings. The van der Waals surface area contributed by atoms with Crippen LogP contribution in [0.1, 0.15) is 24.0 Å². The Kier molecular flexibility index (Phi) is 7.19. The number of rotatable bonds is 5. The highest BCUT2D eigenvalue weighted by atomic mass is 19.4. The number of ether oxygens (including phenoxy) is 1. The van der Waals surface area contributed by atoms with E-state index in [2.05, 4.69) is 0 Å². The zero-order valence-corrected chi connectivity index (χ0v) is 20.2. The summed E-state index contributed by atoms with van der Waals surface area (Å²) in [6, 6.07) is 2.71. The maximum absolute atomic E-state index is 14.0. The summed E-state index contributed by atoms with van der Waals surface area (Å²) in [6.07, 6.45) is -12.2. The third-order valence-electron chi connectivity index (χ3n) is 6.68. The third-order valence-corrected chi connectivity index (χ3v) is 6.68. The van der Waals surface area contributed by atoms with E-state index in [0.717, 1.165) is 36.2 Å². The Balaban J connectivity index is 1.75. The van der Waals surface area contributed by atoms with E-state index in [4.69, 9.17) is 4.74 Å². The number of urea groups is 1. The lowest BCUT2D eigenvalue weighted by molar-refractivity contribution is -0.143. The molecule has 0 unspecified atom stereocenters. The van der Waals surface area contributed by atoms with Gasteiger partial charge in [0.05, 0.1) is 23.5 Å². The molecule has 212 valence electrons. The van der Waals surface area contributed by atoms with E-state index in [9.17, 15) is 50.5 Å². The van der Waals surface area contributed by atoms with Crippen LogP contribution in [-0.2, 0) is 12.4 Å². The molecule has 1 aliphatic heterocycles. The molecule has 39 heavy (non-hydrogen) atoms. The number of aliphatic hydroxyl groups excluding tert-OH is 1. The monoisotopic (exact) mass is 565 g/mol. The van der Waals surface area contributed by atoms with Crippen molar-refractivity contribution in [3.63, 3.8) is 0 Å². The molecule has 0 spiro atoms. The van der Waals surface area contributed by atoms with E-state index in [1.54, 1.807) is 0 Å². The SMILES string of the molecule is CN(C(=O)Oc1c(N2CCN(C3CC(O)(CO)C3)C2=O)cc(C(F)(F)F)cc1C(F)(F)F)c1ccc(F)cc1. The van der Waals surface area contributed by atoms with Gasteiger partial charge in [0.2, 0.25) is 0 Å². The Morgan fingerprint density at radius 2 is 1.69 bits per heavy atom. The first-order chi connectivity index (χ1) is 18.0. The fourth-order valence-electron chi connectivity index (χ4n) is 4.50. The Morgan fingerprint density at radius 1 is 1.08 bits per heavy atom. The molecule has 0 aromatic heterocycles. The molecule has 4 rings (SSSR count). The van der Waals surface area contributed by atoms with Gasteiger partial charge < -0.3 is 19.8 Å². The second kappa shape index (κ2) is 9.86. The average Bonchev–Trinajstić information content (AvgIpc) is 3.21. The number of alkyl halides is 6. The summed E-state index contributed by atoms with van der Waals surface area (Å²) in [7, 11) is 1.09. The summed E-state index contributed by atoms with van der Waals surface area (Å²) in [5.41, 5.74) is -6.02. The quantitative estimate of drug-likeness (QED) is 0.516. The van der Waals surface area contributed by atoms with Gasteiger partial charge in [-0.25, -0.2) is 14.0 Å². The van der Waals surface area contributed by atoms with Crippen LogP contribution in [0.15, 0.2) is 36.4 Å². The molecule has 0 bridgehead atoms. The molecular weight excluding hydrogens is 543 g/mol. The van der Waals surface area contributed by atoms with Crippen LogP contribution in [0.2, 0.25) is 0 Å². The molecule has 15 heteroatoms. The highest BCUT2D eigenvalue weighted by Gasteiger charge is 2.50. The number of hydrogen-bond donors (Lipinski definition) is 2. The Labute approximate surface area is 216 Å². The van der Waals surface area contributed by atoms with Gasteiger partial charge >= 0.3 is 24.5 Å². The number of carbonyl (C=O) groups is 2. The smallest absolute Gasteiger partial charge is 0.407 e. The predicted octanol–water partition coefficient (Wildman–Crippen LogP) is 4.63. The van der Waals surface area contributed by atoms with Gasteiger partial charge in [-0.2, -0.15) is 26.3 Å². The number of carbonyl (C=O) groups excluding carboxylic acids is 2. The number of hydrogen-bond acceptors (Lipinski definition) is 5. The Bertz CT molecular complexity index is 1260. The van der Waals surface area contributed by atoms with E-state index < -0.39 is 71.1 Å². The standard InChI is InChI=1S/C24H22F7N3O5/c1-32(15-4-2-14(25)3-5-15)21(37)39-19-17(24(29,30)31)8-13(23(26,27)28)9-18(19)34-7-6-33(20(34)36)16-10-22(38,11-16)12-35/h2-5,8-9,16,35,38H,6-7,10-12H2,1H3. The van der Waals surface area contributed by atoms with E-state index in [-0.39, 0.29) is 37.7 Å². The lowest BCUT2D eigenvalue weighted by Gasteiger charge is -2.46. The Morgan fingerprint density at radius 3 is 2.23 bits per heavy atom. The minimum Gasteiger partial charge on any atom is -0.407 e. The van der Waals surface area contributed by atoms with Crippen LogP contribution in [0.5, 0.6) is 5.75 Å².